The molecular weight excluding hydrogens is 176 g/mol. The Morgan fingerprint density at radius 2 is 1.43 bits per heavy atom. The van der Waals surface area contributed by atoms with Gasteiger partial charge in [0.15, 0.2) is 0 Å². The van der Waals surface area contributed by atoms with E-state index in [9.17, 15) is 9.59 Å². The highest BCUT2D eigenvalue weighted by atomic mass is 16.1. The van der Waals surface area contributed by atoms with Gasteiger partial charge in [-0.25, -0.2) is 0 Å². The quantitative estimate of drug-likeness (QED) is 0.696. The summed E-state index contributed by atoms with van der Waals surface area (Å²) >= 11 is 0. The zero-order valence-corrected chi connectivity index (χ0v) is 10.2. The fourth-order valence-electron chi connectivity index (χ4n) is 0.977. The second-order valence-corrected chi connectivity index (χ2v) is 5.61. The zero-order valence-electron chi connectivity index (χ0n) is 10.2. The summed E-state index contributed by atoms with van der Waals surface area (Å²) in [4.78, 5) is 22.8. The Bertz CT molecular complexity index is 231. The summed E-state index contributed by atoms with van der Waals surface area (Å²) in [6.45, 7) is 11.1. The molecule has 0 N–H and O–H groups in total. The van der Waals surface area contributed by atoms with Gasteiger partial charge in [-0.3, -0.25) is 9.59 Å². The lowest BCUT2D eigenvalue weighted by Crippen LogP contribution is -2.26. The number of carbonyl (C=O) groups excluding carboxylic acids is 2. The molecule has 0 unspecified atom stereocenters. The van der Waals surface area contributed by atoms with E-state index in [1.54, 1.807) is 6.92 Å². The van der Waals surface area contributed by atoms with Crippen LogP contribution in [-0.2, 0) is 9.59 Å². The van der Waals surface area contributed by atoms with Crippen LogP contribution in [0.4, 0.5) is 0 Å². The Morgan fingerprint density at radius 3 is 1.71 bits per heavy atom. The van der Waals surface area contributed by atoms with Crippen LogP contribution in [0.5, 0.6) is 0 Å². The Labute approximate surface area is 87.1 Å². The van der Waals surface area contributed by atoms with Gasteiger partial charge in [-0.2, -0.15) is 0 Å². The van der Waals surface area contributed by atoms with E-state index in [1.165, 1.54) is 0 Å². The third kappa shape index (κ3) is 4.03. The lowest BCUT2D eigenvalue weighted by Gasteiger charge is -2.23. The first kappa shape index (κ1) is 13.3. The lowest BCUT2D eigenvalue weighted by molar-refractivity contribution is -0.128. The first-order valence-corrected chi connectivity index (χ1v) is 5.12. The van der Waals surface area contributed by atoms with Gasteiger partial charge in [-0.1, -0.05) is 34.6 Å². The Balaban J connectivity index is 4.21. The van der Waals surface area contributed by atoms with Crippen molar-refractivity contribution in [2.75, 3.05) is 0 Å². The van der Waals surface area contributed by atoms with E-state index < -0.39 is 0 Å². The highest BCUT2D eigenvalue weighted by Gasteiger charge is 2.27. The maximum Gasteiger partial charge on any atom is 0.138 e. The molecule has 0 aromatic carbocycles. The van der Waals surface area contributed by atoms with Gasteiger partial charge in [0.1, 0.15) is 11.6 Å². The molecule has 0 aliphatic rings. The van der Waals surface area contributed by atoms with Gasteiger partial charge in [0.05, 0.1) is 0 Å². The minimum absolute atomic E-state index is 0.152. The first-order chi connectivity index (χ1) is 6.07. The molecule has 0 aliphatic heterocycles. The van der Waals surface area contributed by atoms with Crippen LogP contribution in [0, 0.1) is 10.8 Å². The summed E-state index contributed by atoms with van der Waals surface area (Å²) < 4.78 is 0. The molecule has 0 saturated heterocycles. The molecule has 0 atom stereocenters. The van der Waals surface area contributed by atoms with Crippen LogP contribution in [0.15, 0.2) is 0 Å². The molecule has 0 aromatic heterocycles. The van der Waals surface area contributed by atoms with Crippen LogP contribution in [-0.4, -0.2) is 11.6 Å². The van der Waals surface area contributed by atoms with E-state index >= 15 is 0 Å². The molecule has 0 bridgehead atoms. The van der Waals surface area contributed by atoms with E-state index in [4.69, 9.17) is 0 Å². The van der Waals surface area contributed by atoms with Gasteiger partial charge >= 0.3 is 0 Å². The van der Waals surface area contributed by atoms with Crippen molar-refractivity contribution in [2.24, 2.45) is 10.8 Å². The van der Waals surface area contributed by atoms with Crippen LogP contribution < -0.4 is 0 Å². The zero-order chi connectivity index (χ0) is 11.6. The third-order valence-electron chi connectivity index (χ3n) is 2.77. The van der Waals surface area contributed by atoms with Crippen molar-refractivity contribution in [1.82, 2.24) is 0 Å². The fraction of sp³-hybridized carbons (Fsp3) is 0.833. The molecule has 0 aromatic rings. The van der Waals surface area contributed by atoms with Crippen molar-refractivity contribution >= 4 is 11.6 Å². The van der Waals surface area contributed by atoms with Gasteiger partial charge in [0.25, 0.3) is 0 Å². The smallest absolute Gasteiger partial charge is 0.138 e. The number of carbonyl (C=O) groups is 2. The average molecular weight is 198 g/mol. The summed E-state index contributed by atoms with van der Waals surface area (Å²) in [6, 6.07) is 0. The molecule has 0 saturated carbocycles. The normalized spacial score (nSPS) is 12.7. The van der Waals surface area contributed by atoms with E-state index in [0.29, 0.717) is 12.8 Å². The lowest BCUT2D eigenvalue weighted by atomic mass is 9.79. The molecule has 14 heavy (non-hydrogen) atoms. The van der Waals surface area contributed by atoms with E-state index in [0.717, 1.165) is 0 Å². The number of hydrogen-bond donors (Lipinski definition) is 0. The Kier molecular flexibility index (Phi) is 4.04. The van der Waals surface area contributed by atoms with Gasteiger partial charge in [0, 0.05) is 17.3 Å². The van der Waals surface area contributed by atoms with Gasteiger partial charge in [-0.15, -0.1) is 0 Å². The van der Waals surface area contributed by atoms with Crippen molar-refractivity contribution < 1.29 is 9.59 Å². The largest absolute Gasteiger partial charge is 0.299 e. The van der Waals surface area contributed by atoms with Gasteiger partial charge in [-0.05, 0) is 13.3 Å². The minimum Gasteiger partial charge on any atom is -0.299 e. The highest BCUT2D eigenvalue weighted by Crippen LogP contribution is 2.26. The van der Waals surface area contributed by atoms with Crippen LogP contribution in [0.25, 0.3) is 0 Å². The van der Waals surface area contributed by atoms with Crippen LogP contribution in [0.2, 0.25) is 0 Å². The van der Waals surface area contributed by atoms with Crippen molar-refractivity contribution in [2.45, 2.75) is 54.4 Å². The third-order valence-corrected chi connectivity index (χ3v) is 2.77. The highest BCUT2D eigenvalue weighted by molar-refractivity contribution is 5.85. The fourth-order valence-corrected chi connectivity index (χ4v) is 0.977. The molecule has 0 spiro atoms. The van der Waals surface area contributed by atoms with Crippen LogP contribution in [0.3, 0.4) is 0 Å². The van der Waals surface area contributed by atoms with Crippen LogP contribution in [0.1, 0.15) is 54.4 Å². The number of Topliss-reactive ketones (excluding diaryl/α,β-unsaturated/α-hetero) is 2. The summed E-state index contributed by atoms with van der Waals surface area (Å²) in [7, 11) is 0. The topological polar surface area (TPSA) is 34.1 Å². The molecule has 0 amide bonds. The van der Waals surface area contributed by atoms with Crippen LogP contribution >= 0.6 is 0 Å². The number of hydrogen-bond acceptors (Lipinski definition) is 2. The van der Waals surface area contributed by atoms with E-state index in [1.807, 2.05) is 34.6 Å². The summed E-state index contributed by atoms with van der Waals surface area (Å²) in [5, 5.41) is 0. The summed E-state index contributed by atoms with van der Waals surface area (Å²) in [5.41, 5.74) is -0.645. The monoisotopic (exact) mass is 198 g/mol. The van der Waals surface area contributed by atoms with Crippen molar-refractivity contribution in [3.05, 3.63) is 0 Å². The van der Waals surface area contributed by atoms with E-state index in [-0.39, 0.29) is 22.4 Å². The predicted molar refractivity (Wildman–Crippen MR) is 58.2 cm³/mol. The molecule has 0 fully saturated rings. The molecule has 0 heterocycles. The van der Waals surface area contributed by atoms with Gasteiger partial charge < -0.3 is 0 Å². The molecule has 0 aliphatic carbocycles. The summed E-state index contributed by atoms with van der Waals surface area (Å²) in [6.07, 6.45) is 1.15. The molecular formula is C12H22O2. The average Bonchev–Trinajstić information content (AvgIpc) is 1.98. The SMILES string of the molecule is CC(=O)C(C)(C)CCC(=O)C(C)(C)C. The second kappa shape index (κ2) is 4.24. The maximum absolute atomic E-state index is 11.6. The minimum atomic E-state index is -0.360. The Morgan fingerprint density at radius 1 is 1.00 bits per heavy atom. The predicted octanol–water partition coefficient (Wildman–Crippen LogP) is 3.00. The van der Waals surface area contributed by atoms with Crippen molar-refractivity contribution in [3.63, 3.8) is 0 Å². The molecule has 0 radical (unpaired) electrons. The number of rotatable bonds is 4. The summed E-state index contributed by atoms with van der Waals surface area (Å²) in [5.74, 6) is 0.381. The Hall–Kier alpha value is -0.660. The number of ketones is 2. The molecule has 82 valence electrons. The molecule has 2 nitrogen and oxygen atoms in total. The second-order valence-electron chi connectivity index (χ2n) is 5.61. The molecule has 0 rings (SSSR count). The molecule has 2 heteroatoms. The van der Waals surface area contributed by atoms with Gasteiger partial charge in [0.2, 0.25) is 0 Å². The van der Waals surface area contributed by atoms with E-state index in [2.05, 4.69) is 0 Å². The maximum atomic E-state index is 11.6. The standard InChI is InChI=1S/C12H22O2/c1-9(13)12(5,6)8-7-10(14)11(2,3)4/h7-8H2,1-6H3. The van der Waals surface area contributed by atoms with Crippen molar-refractivity contribution in [1.29, 1.82) is 0 Å². The van der Waals surface area contributed by atoms with Crippen molar-refractivity contribution in [3.8, 4) is 0 Å². The first-order valence-electron chi connectivity index (χ1n) is 5.12.